The summed E-state index contributed by atoms with van der Waals surface area (Å²) in [5, 5.41) is 6.58. The Labute approximate surface area is 157 Å². The Bertz CT molecular complexity index is 568. The van der Waals surface area contributed by atoms with Crippen LogP contribution in [0.5, 0.6) is 11.5 Å². The van der Waals surface area contributed by atoms with Crippen LogP contribution in [0.15, 0.2) is 18.2 Å². The Hall–Kier alpha value is -1.75. The zero-order valence-corrected chi connectivity index (χ0v) is 16.6. The number of hydrogen-bond donors (Lipinski definition) is 2. The van der Waals surface area contributed by atoms with Gasteiger partial charge in [-0.2, -0.15) is 0 Å². The third kappa shape index (κ3) is 5.90. The van der Waals surface area contributed by atoms with Crippen molar-refractivity contribution in [3.05, 3.63) is 23.8 Å². The lowest BCUT2D eigenvalue weighted by atomic mass is 9.95. The number of benzene rings is 1. The Morgan fingerprint density at radius 3 is 2.58 bits per heavy atom. The van der Waals surface area contributed by atoms with Crippen LogP contribution in [0, 0.1) is 11.8 Å². The molecular formula is C21H34N2O3. The Morgan fingerprint density at radius 1 is 1.23 bits per heavy atom. The van der Waals surface area contributed by atoms with Crippen LogP contribution in [0.2, 0.25) is 0 Å². The molecule has 0 aliphatic carbocycles. The average Bonchev–Trinajstić information content (AvgIpc) is 3.13. The van der Waals surface area contributed by atoms with Crippen LogP contribution in [0.1, 0.15) is 58.6 Å². The zero-order valence-electron chi connectivity index (χ0n) is 16.6. The lowest BCUT2D eigenvalue weighted by molar-refractivity contribution is -0.122. The minimum Gasteiger partial charge on any atom is -0.490 e. The molecule has 0 radical (unpaired) electrons. The van der Waals surface area contributed by atoms with Crippen molar-refractivity contribution >= 4 is 5.91 Å². The van der Waals surface area contributed by atoms with E-state index in [1.165, 1.54) is 6.42 Å². The lowest BCUT2D eigenvalue weighted by Gasteiger charge is -2.24. The van der Waals surface area contributed by atoms with E-state index < -0.39 is 0 Å². The van der Waals surface area contributed by atoms with Crippen molar-refractivity contribution in [2.45, 2.75) is 53.0 Å². The highest BCUT2D eigenvalue weighted by Gasteiger charge is 2.21. The first-order chi connectivity index (χ1) is 12.5. The molecule has 0 spiro atoms. The van der Waals surface area contributed by atoms with Gasteiger partial charge in [0.25, 0.3) is 0 Å². The van der Waals surface area contributed by atoms with Crippen LogP contribution < -0.4 is 20.1 Å². The first-order valence-corrected chi connectivity index (χ1v) is 9.94. The van der Waals surface area contributed by atoms with Crippen molar-refractivity contribution in [2.24, 2.45) is 11.8 Å². The van der Waals surface area contributed by atoms with E-state index in [4.69, 9.17) is 9.47 Å². The minimum atomic E-state index is -0.0286. The van der Waals surface area contributed by atoms with Gasteiger partial charge in [-0.3, -0.25) is 4.79 Å². The third-order valence-corrected chi connectivity index (χ3v) is 4.85. The highest BCUT2D eigenvalue weighted by Crippen LogP contribution is 2.33. The summed E-state index contributed by atoms with van der Waals surface area (Å²) in [7, 11) is 0. The molecule has 2 atom stereocenters. The summed E-state index contributed by atoms with van der Waals surface area (Å²) in [6.45, 7) is 11.5. The van der Waals surface area contributed by atoms with Gasteiger partial charge in [-0.15, -0.1) is 0 Å². The molecule has 2 unspecified atom stereocenters. The molecular weight excluding hydrogens is 328 g/mol. The van der Waals surface area contributed by atoms with E-state index in [1.807, 2.05) is 32.0 Å². The van der Waals surface area contributed by atoms with Crippen molar-refractivity contribution in [2.75, 3.05) is 26.3 Å². The molecule has 1 saturated heterocycles. The fraction of sp³-hybridized carbons (Fsp3) is 0.667. The Kier molecular flexibility index (Phi) is 8.23. The van der Waals surface area contributed by atoms with Gasteiger partial charge in [0.2, 0.25) is 5.91 Å². The van der Waals surface area contributed by atoms with E-state index in [1.54, 1.807) is 0 Å². The third-order valence-electron chi connectivity index (χ3n) is 4.85. The number of hydrogen-bond acceptors (Lipinski definition) is 4. The van der Waals surface area contributed by atoms with Gasteiger partial charge in [0.15, 0.2) is 11.5 Å². The second-order valence-electron chi connectivity index (χ2n) is 7.26. The first kappa shape index (κ1) is 20.6. The van der Waals surface area contributed by atoms with E-state index in [-0.39, 0.29) is 11.9 Å². The van der Waals surface area contributed by atoms with Gasteiger partial charge in [-0.1, -0.05) is 19.9 Å². The van der Waals surface area contributed by atoms with Crippen LogP contribution in [-0.2, 0) is 4.79 Å². The Morgan fingerprint density at radius 2 is 1.96 bits per heavy atom. The van der Waals surface area contributed by atoms with Crippen LogP contribution in [0.4, 0.5) is 0 Å². The van der Waals surface area contributed by atoms with Gasteiger partial charge in [-0.05, 0) is 69.3 Å². The highest BCUT2D eigenvalue weighted by atomic mass is 16.5. The van der Waals surface area contributed by atoms with E-state index in [0.717, 1.165) is 36.6 Å². The number of carbonyl (C=O) groups is 1. The highest BCUT2D eigenvalue weighted by molar-refractivity contribution is 5.76. The number of ether oxygens (including phenoxy) is 2. The van der Waals surface area contributed by atoms with Crippen LogP contribution >= 0.6 is 0 Å². The Balaban J connectivity index is 2.05. The van der Waals surface area contributed by atoms with Gasteiger partial charge in [-0.25, -0.2) is 0 Å². The molecule has 1 heterocycles. The molecule has 0 aromatic heterocycles. The monoisotopic (exact) mass is 362 g/mol. The molecule has 0 bridgehead atoms. The fourth-order valence-electron chi connectivity index (χ4n) is 3.44. The first-order valence-electron chi connectivity index (χ1n) is 9.94. The van der Waals surface area contributed by atoms with Crippen molar-refractivity contribution in [3.8, 4) is 11.5 Å². The molecule has 26 heavy (non-hydrogen) atoms. The normalized spacial score (nSPS) is 18.0. The standard InChI is InChI=1S/C21H34N2O3/c1-5-25-18-9-8-17(13-19(18)26-6-2)21(15(3)4)23-20(24)10-7-16-11-12-22-14-16/h8-9,13,15-16,21-22H,5-7,10-12,14H2,1-4H3,(H,23,24). The van der Waals surface area contributed by atoms with Crippen LogP contribution in [0.3, 0.4) is 0 Å². The average molecular weight is 363 g/mol. The number of rotatable bonds is 10. The summed E-state index contributed by atoms with van der Waals surface area (Å²) in [5.41, 5.74) is 1.06. The molecule has 1 aliphatic rings. The van der Waals surface area contributed by atoms with Crippen molar-refractivity contribution in [1.29, 1.82) is 0 Å². The molecule has 5 heteroatoms. The second-order valence-corrected chi connectivity index (χ2v) is 7.26. The quantitative estimate of drug-likeness (QED) is 0.666. The molecule has 1 aromatic carbocycles. The summed E-state index contributed by atoms with van der Waals surface area (Å²) in [6.07, 6.45) is 2.72. The summed E-state index contributed by atoms with van der Waals surface area (Å²) >= 11 is 0. The van der Waals surface area contributed by atoms with Crippen molar-refractivity contribution in [3.63, 3.8) is 0 Å². The van der Waals surface area contributed by atoms with Crippen LogP contribution in [0.25, 0.3) is 0 Å². The largest absolute Gasteiger partial charge is 0.490 e. The van der Waals surface area contributed by atoms with E-state index in [9.17, 15) is 4.79 Å². The maximum Gasteiger partial charge on any atom is 0.220 e. The van der Waals surface area contributed by atoms with Gasteiger partial charge >= 0.3 is 0 Å². The molecule has 1 amide bonds. The van der Waals surface area contributed by atoms with E-state index in [2.05, 4.69) is 24.5 Å². The van der Waals surface area contributed by atoms with Crippen molar-refractivity contribution < 1.29 is 14.3 Å². The van der Waals surface area contributed by atoms with Gasteiger partial charge in [0.1, 0.15) is 0 Å². The van der Waals surface area contributed by atoms with Gasteiger partial charge in [0.05, 0.1) is 19.3 Å². The zero-order chi connectivity index (χ0) is 18.9. The number of carbonyl (C=O) groups excluding carboxylic acids is 1. The SMILES string of the molecule is CCOc1ccc(C(NC(=O)CCC2CCNC2)C(C)C)cc1OCC. The number of nitrogens with one attached hydrogen (secondary N) is 2. The fourth-order valence-corrected chi connectivity index (χ4v) is 3.44. The smallest absolute Gasteiger partial charge is 0.220 e. The van der Waals surface area contributed by atoms with Crippen molar-refractivity contribution in [1.82, 2.24) is 10.6 Å². The molecule has 5 nitrogen and oxygen atoms in total. The second kappa shape index (κ2) is 10.4. The van der Waals surface area contributed by atoms with E-state index in [0.29, 0.717) is 31.5 Å². The summed E-state index contributed by atoms with van der Waals surface area (Å²) in [5.74, 6) is 2.54. The van der Waals surface area contributed by atoms with Gasteiger partial charge < -0.3 is 20.1 Å². The summed E-state index contributed by atoms with van der Waals surface area (Å²) < 4.78 is 11.4. The molecule has 146 valence electrons. The predicted octanol–water partition coefficient (Wildman–Crippen LogP) is 3.69. The summed E-state index contributed by atoms with van der Waals surface area (Å²) in [6, 6.07) is 5.94. The number of amides is 1. The maximum absolute atomic E-state index is 12.5. The predicted molar refractivity (Wildman–Crippen MR) is 105 cm³/mol. The summed E-state index contributed by atoms with van der Waals surface area (Å²) in [4.78, 5) is 12.5. The van der Waals surface area contributed by atoms with Crippen LogP contribution in [-0.4, -0.2) is 32.2 Å². The molecule has 1 fully saturated rings. The molecule has 2 N–H and O–H groups in total. The molecule has 2 rings (SSSR count). The minimum absolute atomic E-state index is 0.0286. The molecule has 0 saturated carbocycles. The maximum atomic E-state index is 12.5. The topological polar surface area (TPSA) is 59.6 Å². The molecule has 1 aromatic rings. The molecule has 1 aliphatic heterocycles. The van der Waals surface area contributed by atoms with Gasteiger partial charge in [0, 0.05) is 6.42 Å². The van der Waals surface area contributed by atoms with E-state index >= 15 is 0 Å². The lowest BCUT2D eigenvalue weighted by Crippen LogP contribution is -2.32.